The second-order valence-electron chi connectivity index (χ2n) is 7.87. The van der Waals surface area contributed by atoms with Crippen LogP contribution in [0.2, 0.25) is 5.02 Å². The summed E-state index contributed by atoms with van der Waals surface area (Å²) in [4.78, 5) is 26.4. The van der Waals surface area contributed by atoms with Crippen LogP contribution < -0.4 is 5.73 Å². The van der Waals surface area contributed by atoms with Crippen LogP contribution in [0.1, 0.15) is 36.2 Å². The topological polar surface area (TPSA) is 109 Å². The first-order valence-electron chi connectivity index (χ1n) is 10.4. The van der Waals surface area contributed by atoms with Gasteiger partial charge in [-0.25, -0.2) is 14.8 Å². The zero-order valence-electron chi connectivity index (χ0n) is 17.5. The number of fused-ring (bicyclic) bond motifs is 1. The van der Waals surface area contributed by atoms with Crippen molar-refractivity contribution in [1.82, 2.24) is 24.7 Å². The number of ether oxygens (including phenoxy) is 1. The van der Waals surface area contributed by atoms with Gasteiger partial charge in [-0.05, 0) is 49.9 Å². The molecule has 5 rings (SSSR count). The van der Waals surface area contributed by atoms with E-state index >= 15 is 0 Å². The van der Waals surface area contributed by atoms with Gasteiger partial charge < -0.3 is 10.5 Å². The molecule has 3 aromatic heterocycles. The standard InChI is InChI=1S/C23H21ClN6O2/c1-30-10-8-17(29-30)20-19(14-11-13-5-4-9-26-18(13)16(24)12-14)27-21(22(25)28-20)23(31)32-15-6-2-3-7-15/h4-5,8-12,15H,2-3,6-7H2,1H3,(H2,25,28). The Kier molecular flexibility index (Phi) is 5.22. The number of carbonyl (C=O) groups is 1. The minimum absolute atomic E-state index is 0.00551. The highest BCUT2D eigenvalue weighted by Gasteiger charge is 2.26. The van der Waals surface area contributed by atoms with E-state index in [4.69, 9.17) is 22.1 Å². The highest BCUT2D eigenvalue weighted by molar-refractivity contribution is 6.35. The Morgan fingerprint density at radius 3 is 2.75 bits per heavy atom. The van der Waals surface area contributed by atoms with Gasteiger partial charge in [0, 0.05) is 30.4 Å². The molecule has 0 saturated heterocycles. The van der Waals surface area contributed by atoms with E-state index in [1.54, 1.807) is 23.1 Å². The summed E-state index contributed by atoms with van der Waals surface area (Å²) in [7, 11) is 1.81. The minimum atomic E-state index is -0.565. The smallest absolute Gasteiger partial charge is 0.361 e. The molecule has 4 aromatic rings. The van der Waals surface area contributed by atoms with Gasteiger partial charge in [0.25, 0.3) is 0 Å². The van der Waals surface area contributed by atoms with Gasteiger partial charge in [-0.2, -0.15) is 5.10 Å². The van der Waals surface area contributed by atoms with Crippen molar-refractivity contribution in [3.05, 3.63) is 53.4 Å². The van der Waals surface area contributed by atoms with Crippen molar-refractivity contribution in [3.8, 4) is 22.6 Å². The molecule has 0 amide bonds. The molecule has 9 heteroatoms. The van der Waals surface area contributed by atoms with Gasteiger partial charge in [0.1, 0.15) is 17.5 Å². The Hall–Kier alpha value is -3.52. The van der Waals surface area contributed by atoms with Crippen molar-refractivity contribution < 1.29 is 9.53 Å². The summed E-state index contributed by atoms with van der Waals surface area (Å²) < 4.78 is 7.30. The molecule has 1 aromatic carbocycles. The van der Waals surface area contributed by atoms with E-state index in [-0.39, 0.29) is 17.6 Å². The van der Waals surface area contributed by atoms with E-state index < -0.39 is 5.97 Å². The number of anilines is 1. The van der Waals surface area contributed by atoms with Crippen molar-refractivity contribution in [3.63, 3.8) is 0 Å². The summed E-state index contributed by atoms with van der Waals surface area (Å²) in [5.41, 5.74) is 9.01. The number of esters is 1. The predicted octanol–water partition coefficient (Wildman–Crippen LogP) is 4.43. The normalized spacial score (nSPS) is 14.2. The fourth-order valence-corrected chi connectivity index (χ4v) is 4.29. The van der Waals surface area contributed by atoms with Crippen LogP contribution in [0.25, 0.3) is 33.5 Å². The molecular weight excluding hydrogens is 428 g/mol. The lowest BCUT2D eigenvalue weighted by Gasteiger charge is -2.14. The molecule has 0 aliphatic heterocycles. The first kappa shape index (κ1) is 20.4. The number of carbonyl (C=O) groups excluding carboxylic acids is 1. The average molecular weight is 449 g/mol. The van der Waals surface area contributed by atoms with Gasteiger partial charge in [-0.3, -0.25) is 9.67 Å². The fourth-order valence-electron chi connectivity index (χ4n) is 4.02. The number of nitrogen functional groups attached to an aromatic ring is 1. The van der Waals surface area contributed by atoms with Gasteiger partial charge in [-0.15, -0.1) is 0 Å². The first-order valence-corrected chi connectivity index (χ1v) is 10.8. The molecule has 162 valence electrons. The Morgan fingerprint density at radius 1 is 1.19 bits per heavy atom. The molecule has 2 N–H and O–H groups in total. The Morgan fingerprint density at radius 2 is 2.00 bits per heavy atom. The van der Waals surface area contributed by atoms with Gasteiger partial charge in [-0.1, -0.05) is 17.7 Å². The zero-order valence-corrected chi connectivity index (χ0v) is 18.2. The molecule has 0 bridgehead atoms. The summed E-state index contributed by atoms with van der Waals surface area (Å²) >= 11 is 6.51. The third kappa shape index (κ3) is 3.78. The number of aryl methyl sites for hydroxylation is 1. The van der Waals surface area contributed by atoms with Crippen LogP contribution in [-0.2, 0) is 11.8 Å². The molecule has 0 spiro atoms. The highest BCUT2D eigenvalue weighted by Crippen LogP contribution is 2.34. The molecule has 1 fully saturated rings. The van der Waals surface area contributed by atoms with Crippen molar-refractivity contribution in [1.29, 1.82) is 0 Å². The van der Waals surface area contributed by atoms with Crippen LogP contribution in [0.4, 0.5) is 5.82 Å². The molecule has 32 heavy (non-hydrogen) atoms. The van der Waals surface area contributed by atoms with E-state index in [2.05, 4.69) is 20.1 Å². The molecule has 0 atom stereocenters. The monoisotopic (exact) mass is 448 g/mol. The predicted molar refractivity (Wildman–Crippen MR) is 122 cm³/mol. The Balaban J connectivity index is 1.67. The van der Waals surface area contributed by atoms with Crippen LogP contribution in [0.5, 0.6) is 0 Å². The maximum atomic E-state index is 12.9. The molecule has 3 heterocycles. The van der Waals surface area contributed by atoms with Gasteiger partial charge in [0.05, 0.1) is 16.2 Å². The van der Waals surface area contributed by atoms with E-state index in [9.17, 15) is 4.79 Å². The van der Waals surface area contributed by atoms with Crippen LogP contribution >= 0.6 is 11.6 Å². The number of nitrogens with two attached hydrogens (primary N) is 1. The summed E-state index contributed by atoms with van der Waals surface area (Å²) in [6.45, 7) is 0. The van der Waals surface area contributed by atoms with Crippen LogP contribution in [-0.4, -0.2) is 36.8 Å². The highest BCUT2D eigenvalue weighted by atomic mass is 35.5. The molecule has 1 aliphatic rings. The number of benzene rings is 1. The maximum absolute atomic E-state index is 12.9. The van der Waals surface area contributed by atoms with Gasteiger partial charge in [0.15, 0.2) is 11.5 Å². The third-order valence-corrected chi connectivity index (χ3v) is 5.87. The zero-order chi connectivity index (χ0) is 22.2. The molecular formula is C23H21ClN6O2. The Labute approximate surface area is 189 Å². The molecule has 8 nitrogen and oxygen atoms in total. The molecule has 0 unspecified atom stereocenters. The van der Waals surface area contributed by atoms with Crippen molar-refractivity contribution in [2.24, 2.45) is 7.05 Å². The van der Waals surface area contributed by atoms with Gasteiger partial charge >= 0.3 is 5.97 Å². The Bertz CT molecular complexity index is 1330. The maximum Gasteiger partial charge on any atom is 0.361 e. The minimum Gasteiger partial charge on any atom is -0.458 e. The number of hydrogen-bond donors (Lipinski definition) is 1. The van der Waals surface area contributed by atoms with Crippen LogP contribution in [0, 0.1) is 0 Å². The number of halogens is 1. The van der Waals surface area contributed by atoms with Crippen molar-refractivity contribution >= 4 is 34.3 Å². The summed E-state index contributed by atoms with van der Waals surface area (Å²) in [6, 6.07) is 9.23. The van der Waals surface area contributed by atoms with E-state index in [1.807, 2.05) is 31.3 Å². The summed E-state index contributed by atoms with van der Waals surface area (Å²) in [6.07, 6.45) is 7.18. The summed E-state index contributed by atoms with van der Waals surface area (Å²) in [5.74, 6) is -0.560. The fraction of sp³-hybridized carbons (Fsp3) is 0.261. The lowest BCUT2D eigenvalue weighted by Crippen LogP contribution is -2.19. The second kappa shape index (κ2) is 8.20. The van der Waals surface area contributed by atoms with Crippen LogP contribution in [0.15, 0.2) is 42.7 Å². The molecule has 1 aliphatic carbocycles. The van der Waals surface area contributed by atoms with Crippen molar-refractivity contribution in [2.75, 3.05) is 5.73 Å². The number of rotatable bonds is 4. The van der Waals surface area contributed by atoms with E-state index in [0.29, 0.717) is 33.2 Å². The van der Waals surface area contributed by atoms with Gasteiger partial charge in [0.2, 0.25) is 0 Å². The average Bonchev–Trinajstić information content (AvgIpc) is 3.45. The quantitative estimate of drug-likeness (QED) is 0.460. The lowest BCUT2D eigenvalue weighted by atomic mass is 10.0. The van der Waals surface area contributed by atoms with E-state index in [0.717, 1.165) is 31.1 Å². The SMILES string of the molecule is Cn1ccc(-c2nc(N)c(C(=O)OC3CCCC3)nc2-c2cc(Cl)c3ncccc3c2)n1. The molecule has 1 saturated carbocycles. The number of hydrogen-bond acceptors (Lipinski definition) is 7. The lowest BCUT2D eigenvalue weighted by molar-refractivity contribution is 0.0312. The first-order chi connectivity index (χ1) is 15.5. The third-order valence-electron chi connectivity index (χ3n) is 5.58. The number of aromatic nitrogens is 5. The van der Waals surface area contributed by atoms with E-state index in [1.165, 1.54) is 0 Å². The second-order valence-corrected chi connectivity index (χ2v) is 8.28. The largest absolute Gasteiger partial charge is 0.458 e. The number of pyridine rings is 1. The van der Waals surface area contributed by atoms with Crippen LogP contribution in [0.3, 0.4) is 0 Å². The number of nitrogens with zero attached hydrogens (tertiary/aromatic N) is 5. The molecule has 0 radical (unpaired) electrons. The van der Waals surface area contributed by atoms with Crippen molar-refractivity contribution in [2.45, 2.75) is 31.8 Å². The summed E-state index contributed by atoms with van der Waals surface area (Å²) in [5, 5.41) is 5.76.